The highest BCUT2D eigenvalue weighted by Crippen LogP contribution is 2.16. The third-order valence-corrected chi connectivity index (χ3v) is 2.30. The molecule has 1 amide bonds. The van der Waals surface area contributed by atoms with E-state index in [-0.39, 0.29) is 29.7 Å². The molecule has 0 aromatic heterocycles. The Kier molecular flexibility index (Phi) is 9.06. The van der Waals surface area contributed by atoms with Gasteiger partial charge in [0.15, 0.2) is 0 Å². The van der Waals surface area contributed by atoms with E-state index in [1.54, 1.807) is 0 Å². The Morgan fingerprint density at radius 1 is 1.35 bits per heavy atom. The van der Waals surface area contributed by atoms with Crippen LogP contribution in [-0.4, -0.2) is 31.6 Å². The van der Waals surface area contributed by atoms with E-state index in [4.69, 9.17) is 5.73 Å². The SMILES string of the molecule is COC(=O)CCCNC(=O)[C@@H](N)C(C)(C)C.Cl. The van der Waals surface area contributed by atoms with Crippen LogP contribution in [0.25, 0.3) is 0 Å². The van der Waals surface area contributed by atoms with Gasteiger partial charge in [-0.15, -0.1) is 12.4 Å². The van der Waals surface area contributed by atoms with Crippen molar-refractivity contribution in [2.75, 3.05) is 13.7 Å². The maximum atomic E-state index is 11.6. The molecule has 3 N–H and O–H groups in total. The van der Waals surface area contributed by atoms with Crippen molar-refractivity contribution in [1.82, 2.24) is 5.32 Å². The molecule has 0 saturated heterocycles. The first-order valence-electron chi connectivity index (χ1n) is 5.39. The van der Waals surface area contributed by atoms with Gasteiger partial charge in [0.2, 0.25) is 5.91 Å². The molecule has 0 aromatic rings. The molecule has 0 fully saturated rings. The molecule has 102 valence electrons. The predicted octanol–water partition coefficient (Wildman–Crippen LogP) is 0.851. The molecule has 0 aromatic carbocycles. The van der Waals surface area contributed by atoms with Gasteiger partial charge in [-0.2, -0.15) is 0 Å². The number of carbonyl (C=O) groups is 2. The summed E-state index contributed by atoms with van der Waals surface area (Å²) < 4.78 is 4.48. The zero-order chi connectivity index (χ0) is 12.8. The molecule has 1 atom stereocenters. The summed E-state index contributed by atoms with van der Waals surface area (Å²) in [6, 6.07) is -0.536. The average molecular weight is 267 g/mol. The van der Waals surface area contributed by atoms with E-state index in [0.29, 0.717) is 19.4 Å². The highest BCUT2D eigenvalue weighted by Gasteiger charge is 2.26. The molecule has 6 heteroatoms. The van der Waals surface area contributed by atoms with Crippen molar-refractivity contribution < 1.29 is 14.3 Å². The van der Waals surface area contributed by atoms with Gasteiger partial charge in [-0.1, -0.05) is 20.8 Å². The van der Waals surface area contributed by atoms with Crippen LogP contribution in [0.1, 0.15) is 33.6 Å². The first kappa shape index (κ1) is 18.6. The number of nitrogens with one attached hydrogen (secondary N) is 1. The summed E-state index contributed by atoms with van der Waals surface area (Å²) in [5, 5.41) is 2.70. The molecule has 0 aliphatic carbocycles. The molecule has 0 bridgehead atoms. The van der Waals surface area contributed by atoms with Crippen LogP contribution in [0.2, 0.25) is 0 Å². The molecule has 0 heterocycles. The molecular weight excluding hydrogens is 244 g/mol. The number of esters is 1. The lowest BCUT2D eigenvalue weighted by molar-refractivity contribution is -0.140. The predicted molar refractivity (Wildman–Crippen MR) is 68.9 cm³/mol. The Hall–Kier alpha value is -0.810. The highest BCUT2D eigenvalue weighted by atomic mass is 35.5. The Morgan fingerprint density at radius 3 is 2.29 bits per heavy atom. The van der Waals surface area contributed by atoms with Gasteiger partial charge >= 0.3 is 5.97 Å². The normalized spacial score (nSPS) is 12.3. The summed E-state index contributed by atoms with van der Waals surface area (Å²) >= 11 is 0. The second-order valence-electron chi connectivity index (χ2n) is 4.81. The number of hydrogen-bond acceptors (Lipinski definition) is 4. The number of methoxy groups -OCH3 is 1. The van der Waals surface area contributed by atoms with Gasteiger partial charge in [0.05, 0.1) is 13.2 Å². The molecule has 0 aliphatic rings. The van der Waals surface area contributed by atoms with Crippen molar-refractivity contribution >= 4 is 24.3 Å². The third kappa shape index (κ3) is 7.99. The summed E-state index contributed by atoms with van der Waals surface area (Å²) in [5.41, 5.74) is 5.50. The average Bonchev–Trinajstić information content (AvgIpc) is 2.21. The second-order valence-corrected chi connectivity index (χ2v) is 4.81. The van der Waals surface area contributed by atoms with Crippen LogP contribution < -0.4 is 11.1 Å². The molecule has 0 radical (unpaired) electrons. The zero-order valence-corrected chi connectivity index (χ0v) is 11.7. The van der Waals surface area contributed by atoms with E-state index in [1.165, 1.54) is 7.11 Å². The van der Waals surface area contributed by atoms with Gasteiger partial charge in [-0.05, 0) is 11.8 Å². The smallest absolute Gasteiger partial charge is 0.305 e. The van der Waals surface area contributed by atoms with Crippen LogP contribution in [0.4, 0.5) is 0 Å². The minimum absolute atomic E-state index is 0. The first-order valence-corrected chi connectivity index (χ1v) is 5.39. The van der Waals surface area contributed by atoms with Crippen LogP contribution in [0.3, 0.4) is 0 Å². The number of rotatable bonds is 5. The summed E-state index contributed by atoms with van der Waals surface area (Å²) in [6.45, 7) is 6.17. The fourth-order valence-corrected chi connectivity index (χ4v) is 1.05. The highest BCUT2D eigenvalue weighted by molar-refractivity contribution is 5.85. The number of nitrogens with two attached hydrogens (primary N) is 1. The van der Waals surface area contributed by atoms with Crippen molar-refractivity contribution in [2.45, 2.75) is 39.7 Å². The minimum atomic E-state index is -0.536. The lowest BCUT2D eigenvalue weighted by Crippen LogP contribution is -2.48. The monoisotopic (exact) mass is 266 g/mol. The Balaban J connectivity index is 0. The van der Waals surface area contributed by atoms with Crippen LogP contribution in [0.15, 0.2) is 0 Å². The van der Waals surface area contributed by atoms with Crippen molar-refractivity contribution in [3.63, 3.8) is 0 Å². The summed E-state index contributed by atoms with van der Waals surface area (Å²) in [7, 11) is 1.34. The summed E-state index contributed by atoms with van der Waals surface area (Å²) in [6.07, 6.45) is 0.872. The van der Waals surface area contributed by atoms with Crippen LogP contribution in [-0.2, 0) is 14.3 Å². The molecule has 0 rings (SSSR count). The minimum Gasteiger partial charge on any atom is -0.469 e. The molecule has 0 saturated carbocycles. The van der Waals surface area contributed by atoms with Gasteiger partial charge in [0.25, 0.3) is 0 Å². The van der Waals surface area contributed by atoms with Gasteiger partial charge in [-0.3, -0.25) is 9.59 Å². The molecule has 0 aliphatic heterocycles. The lowest BCUT2D eigenvalue weighted by Gasteiger charge is -2.25. The standard InChI is InChI=1S/C11H22N2O3.ClH/c1-11(2,3)9(12)10(15)13-7-5-6-8(14)16-4;/h9H,5-7,12H2,1-4H3,(H,13,15);1H/t9-;/m1./s1. The fourth-order valence-electron chi connectivity index (χ4n) is 1.05. The largest absolute Gasteiger partial charge is 0.469 e. The maximum Gasteiger partial charge on any atom is 0.305 e. The third-order valence-electron chi connectivity index (χ3n) is 2.30. The van der Waals surface area contributed by atoms with E-state index in [9.17, 15) is 9.59 Å². The van der Waals surface area contributed by atoms with E-state index in [1.807, 2.05) is 20.8 Å². The van der Waals surface area contributed by atoms with Crippen molar-refractivity contribution in [2.24, 2.45) is 11.1 Å². The first-order chi connectivity index (χ1) is 7.29. The van der Waals surface area contributed by atoms with Crippen molar-refractivity contribution in [1.29, 1.82) is 0 Å². The Labute approximate surface area is 109 Å². The van der Waals surface area contributed by atoms with Crippen LogP contribution >= 0.6 is 12.4 Å². The van der Waals surface area contributed by atoms with Crippen molar-refractivity contribution in [3.05, 3.63) is 0 Å². The van der Waals surface area contributed by atoms with Gasteiger partial charge < -0.3 is 15.8 Å². The molecule has 0 spiro atoms. The molecule has 5 nitrogen and oxygen atoms in total. The number of amides is 1. The molecule has 17 heavy (non-hydrogen) atoms. The zero-order valence-electron chi connectivity index (χ0n) is 10.9. The van der Waals surface area contributed by atoms with Crippen molar-refractivity contribution in [3.8, 4) is 0 Å². The number of ether oxygens (including phenoxy) is 1. The van der Waals surface area contributed by atoms with Gasteiger partial charge in [0.1, 0.15) is 0 Å². The van der Waals surface area contributed by atoms with Gasteiger partial charge in [-0.25, -0.2) is 0 Å². The molecular formula is C11H23ClN2O3. The quantitative estimate of drug-likeness (QED) is 0.571. The summed E-state index contributed by atoms with van der Waals surface area (Å²) in [5.74, 6) is -0.452. The molecule has 0 unspecified atom stereocenters. The van der Waals surface area contributed by atoms with Gasteiger partial charge in [0, 0.05) is 13.0 Å². The fraction of sp³-hybridized carbons (Fsp3) is 0.818. The number of halogens is 1. The summed E-state index contributed by atoms with van der Waals surface area (Å²) in [4.78, 5) is 22.3. The maximum absolute atomic E-state index is 11.6. The number of hydrogen-bond donors (Lipinski definition) is 2. The topological polar surface area (TPSA) is 81.4 Å². The number of carbonyl (C=O) groups excluding carboxylic acids is 2. The Morgan fingerprint density at radius 2 is 1.88 bits per heavy atom. The van der Waals surface area contributed by atoms with E-state index in [0.717, 1.165) is 0 Å². The lowest BCUT2D eigenvalue weighted by atomic mass is 9.87. The van der Waals surface area contributed by atoms with E-state index >= 15 is 0 Å². The second kappa shape index (κ2) is 8.31. The van der Waals surface area contributed by atoms with E-state index < -0.39 is 6.04 Å². The van der Waals surface area contributed by atoms with Crippen LogP contribution in [0.5, 0.6) is 0 Å². The Bertz CT molecular complexity index is 252. The van der Waals surface area contributed by atoms with Crippen LogP contribution in [0, 0.1) is 5.41 Å². The van der Waals surface area contributed by atoms with E-state index in [2.05, 4.69) is 10.1 Å².